The molecule has 11 rings (SSSR count). The predicted octanol–water partition coefficient (Wildman–Crippen LogP) is -0.113. The van der Waals surface area contributed by atoms with E-state index in [0.717, 1.165) is 0 Å². The molecule has 34 heteroatoms. The molecule has 10 heterocycles. The van der Waals surface area contributed by atoms with Crippen LogP contribution in [0.15, 0.2) is 0 Å². The van der Waals surface area contributed by atoms with Gasteiger partial charge >= 0.3 is 17.9 Å². The van der Waals surface area contributed by atoms with Gasteiger partial charge in [0.2, 0.25) is 6.29 Å². The number of hydrogen-bond donors (Lipinski definition) is 9. The maximum absolute atomic E-state index is 13.4. The predicted molar refractivity (Wildman–Crippen MR) is 304 cm³/mol. The smallest absolute Gasteiger partial charge is 0.342 e. The van der Waals surface area contributed by atoms with Gasteiger partial charge in [-0.1, -0.05) is 37.0 Å². The molecule has 0 bridgehead atoms. The number of carbonyl (C=O) groups excluding carboxylic acids is 2. The zero-order chi connectivity index (χ0) is 67.5. The number of carbonyl (C=O) groups is 2. The number of phenolic OH excluding ortho intramolecular Hbond substituents is 2. The molecule has 10 aliphatic heterocycles. The van der Waals surface area contributed by atoms with Gasteiger partial charge in [-0.05, 0) is 61.0 Å². The van der Waals surface area contributed by atoms with Gasteiger partial charge in [-0.3, -0.25) is 4.79 Å². The van der Waals surface area contributed by atoms with Crippen molar-refractivity contribution in [2.45, 2.75) is 283 Å². The molecular weight excluding hydrogens is 1290 g/mol. The largest absolute Gasteiger partial charge is 0.505 e. The van der Waals surface area contributed by atoms with Crippen molar-refractivity contribution in [1.29, 1.82) is 0 Å². The van der Waals surface area contributed by atoms with E-state index in [-0.39, 0.29) is 49.9 Å². The monoisotopic (exact) mass is 1380 g/mol. The van der Waals surface area contributed by atoms with Gasteiger partial charge in [-0.2, -0.15) is 0 Å². The van der Waals surface area contributed by atoms with Crippen molar-refractivity contribution in [1.82, 2.24) is 0 Å². The van der Waals surface area contributed by atoms with E-state index < -0.39 is 235 Å². The first-order chi connectivity index (χ1) is 43.8. The fourth-order valence-corrected chi connectivity index (χ4v) is 14.7. The molecule has 2 unspecified atom stereocenters. The van der Waals surface area contributed by atoms with Crippen LogP contribution in [0.2, 0.25) is 10.0 Å². The molecule has 0 saturated carbocycles. The Morgan fingerprint density at radius 1 is 0.645 bits per heavy atom. The number of hydrogen-bond acceptors (Lipinski definition) is 32. The number of rotatable bonds is 16. The summed E-state index contributed by atoms with van der Waals surface area (Å²) in [5, 5.41) is 101. The maximum Gasteiger partial charge on any atom is 0.342 e. The van der Waals surface area contributed by atoms with E-state index in [4.69, 9.17) is 123 Å². The molecule has 10 saturated heterocycles. The molecule has 0 aliphatic carbocycles. The SMILES string of the molecule is COC[C@H]1O[C@@H](O[C@H]2OC[C@@H]3O[C@]4(O[C@H]3[C@H]2OC(=O)C(C)C)O[C@H](C)[C@@](O)(C(C)O)[C@@H]2OCO[C@H]24)[C@@H](O)[C@@H](O)[C@@H]1O[C@@H]1O[C@H](C)[C@H](OC)[C@H](O[C@H]2C[C@@]3(C)OC4(C[C@@H](O)[C@H](O[C@H]5C[C@@H](O)[C@H](OC(=O)c6c(C)c(Cl)c(O)c(Cl)c6O)[C@@H](C)O5)[C@@H](C)O4)O[C@@H]3[C@@H](C)O2)[C@H]1O. The number of benzene rings is 1. The molecule has 9 N–H and O–H groups in total. The lowest BCUT2D eigenvalue weighted by atomic mass is 9.80. The number of esters is 2. The van der Waals surface area contributed by atoms with Crippen LogP contribution in [0.1, 0.15) is 97.5 Å². The molecule has 2 spiro atoms. The second kappa shape index (κ2) is 27.4. The Labute approximate surface area is 544 Å². The molecule has 1 aromatic carbocycles. The lowest BCUT2D eigenvalue weighted by Gasteiger charge is -2.51. The van der Waals surface area contributed by atoms with Gasteiger partial charge in [-0.25, -0.2) is 4.79 Å². The van der Waals surface area contributed by atoms with Crippen LogP contribution in [0.4, 0.5) is 0 Å². The van der Waals surface area contributed by atoms with Crippen LogP contribution >= 0.6 is 23.2 Å². The van der Waals surface area contributed by atoms with Gasteiger partial charge in [0.1, 0.15) is 102 Å². The fraction of sp³-hybridized carbons (Fsp3) is 0.864. The van der Waals surface area contributed by atoms with Gasteiger partial charge in [0, 0.05) is 27.1 Å². The molecule has 0 radical (unpaired) electrons. The third-order valence-electron chi connectivity index (χ3n) is 19.1. The maximum atomic E-state index is 13.4. The molecule has 0 amide bonds. The van der Waals surface area contributed by atoms with Gasteiger partial charge < -0.3 is 145 Å². The summed E-state index contributed by atoms with van der Waals surface area (Å²) >= 11 is 12.1. The summed E-state index contributed by atoms with van der Waals surface area (Å²) in [6, 6.07) is 0. The lowest BCUT2D eigenvalue weighted by molar-refractivity contribution is -0.439. The topological polar surface area (TPSA) is 410 Å². The summed E-state index contributed by atoms with van der Waals surface area (Å²) in [6.07, 6.45) is -35.8. The van der Waals surface area contributed by atoms with Gasteiger partial charge in [-0.15, -0.1) is 0 Å². The summed E-state index contributed by atoms with van der Waals surface area (Å²) in [4.78, 5) is 26.7. The molecule has 0 aromatic heterocycles. The van der Waals surface area contributed by atoms with Crippen molar-refractivity contribution < 1.29 is 155 Å². The third kappa shape index (κ3) is 13.1. The van der Waals surface area contributed by atoms with Crippen LogP contribution in [-0.4, -0.2) is 287 Å². The molecule has 93 heavy (non-hydrogen) atoms. The minimum atomic E-state index is -2.05. The number of aliphatic hydroxyl groups is 7. The zero-order valence-electron chi connectivity index (χ0n) is 53.2. The molecular formula is C59H86Cl2O32. The summed E-state index contributed by atoms with van der Waals surface area (Å²) in [7, 11) is 2.75. The van der Waals surface area contributed by atoms with Gasteiger partial charge in [0.05, 0.1) is 79.4 Å². The van der Waals surface area contributed by atoms with Gasteiger partial charge in [0.25, 0.3) is 5.97 Å². The molecule has 32 nitrogen and oxygen atoms in total. The average molecular weight is 1380 g/mol. The molecule has 528 valence electrons. The summed E-state index contributed by atoms with van der Waals surface area (Å²) in [5.74, 6) is -7.70. The molecule has 32 atom stereocenters. The summed E-state index contributed by atoms with van der Waals surface area (Å²) in [6.45, 7) is 14.9. The number of methoxy groups -OCH3 is 2. The number of halogens is 2. The Balaban J connectivity index is 0.715. The van der Waals surface area contributed by atoms with E-state index in [0.29, 0.717) is 0 Å². The molecule has 10 aliphatic rings. The first-order valence-corrected chi connectivity index (χ1v) is 31.9. The van der Waals surface area contributed by atoms with Gasteiger partial charge in [0.15, 0.2) is 55.0 Å². The second-order valence-electron chi connectivity index (χ2n) is 26.0. The average Bonchev–Trinajstić information content (AvgIpc) is 1.59. The van der Waals surface area contributed by atoms with E-state index >= 15 is 0 Å². The highest BCUT2D eigenvalue weighted by Crippen LogP contribution is 2.53. The van der Waals surface area contributed by atoms with Crippen molar-refractivity contribution in [3.63, 3.8) is 0 Å². The Morgan fingerprint density at radius 2 is 1.32 bits per heavy atom. The van der Waals surface area contributed by atoms with Crippen LogP contribution < -0.4 is 0 Å². The second-order valence-corrected chi connectivity index (χ2v) is 26.8. The van der Waals surface area contributed by atoms with Crippen LogP contribution in [0.5, 0.6) is 11.5 Å². The van der Waals surface area contributed by atoms with Crippen molar-refractivity contribution in [2.75, 3.05) is 34.2 Å². The van der Waals surface area contributed by atoms with Crippen molar-refractivity contribution in [2.24, 2.45) is 5.92 Å². The van der Waals surface area contributed by atoms with Crippen LogP contribution in [-0.2, 0) is 104 Å². The van der Waals surface area contributed by atoms with E-state index in [2.05, 4.69) is 0 Å². The van der Waals surface area contributed by atoms with Crippen LogP contribution in [0, 0.1) is 12.8 Å². The van der Waals surface area contributed by atoms with Crippen molar-refractivity contribution in [3.8, 4) is 11.5 Å². The van der Waals surface area contributed by atoms with Crippen LogP contribution in [0.3, 0.4) is 0 Å². The minimum Gasteiger partial charge on any atom is -0.505 e. The lowest BCUT2D eigenvalue weighted by Crippen LogP contribution is -2.72. The van der Waals surface area contributed by atoms with Crippen molar-refractivity contribution >= 4 is 35.1 Å². The van der Waals surface area contributed by atoms with Crippen molar-refractivity contribution in [3.05, 3.63) is 21.2 Å². The van der Waals surface area contributed by atoms with E-state index in [1.807, 2.05) is 0 Å². The number of aromatic hydroxyl groups is 2. The normalized spacial score (nSPS) is 48.5. The highest BCUT2D eigenvalue weighted by Gasteiger charge is 2.73. The van der Waals surface area contributed by atoms with Crippen LogP contribution in [0.25, 0.3) is 0 Å². The molecule has 10 fully saturated rings. The quantitative estimate of drug-likeness (QED) is 0.0975. The number of aliphatic hydroxyl groups excluding tert-OH is 6. The summed E-state index contributed by atoms with van der Waals surface area (Å²) < 4.78 is 129. The Morgan fingerprint density at radius 3 is 1.99 bits per heavy atom. The van der Waals surface area contributed by atoms with E-state index in [1.54, 1.807) is 41.5 Å². The highest BCUT2D eigenvalue weighted by atomic mass is 35.5. The highest BCUT2D eigenvalue weighted by molar-refractivity contribution is 6.39. The third-order valence-corrected chi connectivity index (χ3v) is 19.9. The zero-order valence-corrected chi connectivity index (χ0v) is 54.7. The standard InChI is InChI=1S/C59H86Cl2O32/c1-19(2)51(70)85-47-45-30(90-59(91-45)50-49(76-18-77-50)58(72,25(8)62)26(9)89-59)17-75-55(47)87-53-39(68)38(67)44(29(81-53)16-73-11)86-54-40(69)46(43(74-12)22(5)80-54)83-32-15-56(10)48(24(7)79-32)92-57(93-56)14-28(64)42(23(6)88-57)82-31-13-27(63)41(21(4)78-31)84-52(71)33-20(3)34(60)37(66)35(61)36(33)65/h19,21-32,38-50,53-55,62-69,72H,13-18H2,1-12H3/t21-,22-,23-,24-,25?,26-,27-,28-,29-,30+,31+,32+,38-,39+,40-,41-,42-,43+,44-,45-,46-,47-,48-,49-,50-,53+,54+,55-,56-,57?,58+,59-/m1/s1. The fourth-order valence-electron chi connectivity index (χ4n) is 14.3. The summed E-state index contributed by atoms with van der Waals surface area (Å²) in [5.41, 5.74) is -3.58. The Bertz CT molecular complexity index is 2770. The minimum absolute atomic E-state index is 0.00903. The number of ether oxygens (including phenoxy) is 21. The number of fused-ring (bicyclic) bond motifs is 4. The Hall–Kier alpha value is -2.70. The van der Waals surface area contributed by atoms with E-state index in [9.17, 15) is 55.5 Å². The Kier molecular flexibility index (Phi) is 21.1. The number of phenols is 2. The first kappa shape index (κ1) is 71.6. The first-order valence-electron chi connectivity index (χ1n) is 31.1. The van der Waals surface area contributed by atoms with E-state index in [1.165, 1.54) is 41.9 Å². The molecule has 1 aromatic rings.